The summed E-state index contributed by atoms with van der Waals surface area (Å²) in [6, 6.07) is 2.75. The van der Waals surface area contributed by atoms with Crippen LogP contribution in [0, 0.1) is 10.1 Å². The number of hydrogen-bond donors (Lipinski definition) is 2. The molecule has 0 saturated heterocycles. The maximum atomic E-state index is 10.4. The molecule has 0 aromatic carbocycles. The van der Waals surface area contributed by atoms with Crippen LogP contribution in [-0.4, -0.2) is 42.9 Å². The second-order valence-electron chi connectivity index (χ2n) is 3.41. The van der Waals surface area contributed by atoms with Gasteiger partial charge >= 0.3 is 0 Å². The van der Waals surface area contributed by atoms with Crippen LogP contribution >= 0.6 is 0 Å². The quantitative estimate of drug-likeness (QED) is 0.251. The van der Waals surface area contributed by atoms with Gasteiger partial charge in [-0.05, 0) is 6.07 Å². The second-order valence-corrected chi connectivity index (χ2v) is 3.41. The molecule has 0 bridgehead atoms. The highest BCUT2D eigenvalue weighted by atomic mass is 16.7. The van der Waals surface area contributed by atoms with Crippen LogP contribution in [0.5, 0.6) is 0 Å². The van der Waals surface area contributed by atoms with E-state index in [1.165, 1.54) is 26.4 Å². The largest absolute Gasteiger partial charge is 0.370 e. The van der Waals surface area contributed by atoms with Gasteiger partial charge in [-0.15, -0.1) is 0 Å². The minimum atomic E-state index is -0.532. The van der Waals surface area contributed by atoms with E-state index in [4.69, 9.17) is 15.2 Å². The summed E-state index contributed by atoms with van der Waals surface area (Å²) < 4.78 is 9.88. The molecule has 0 atom stereocenters. The van der Waals surface area contributed by atoms with Gasteiger partial charge in [-0.3, -0.25) is 10.1 Å². The van der Waals surface area contributed by atoms with E-state index in [0.717, 1.165) is 6.20 Å². The first-order chi connectivity index (χ1) is 9.06. The summed E-state index contributed by atoms with van der Waals surface area (Å²) in [5, 5.41) is 13.1. The minimum Gasteiger partial charge on any atom is -0.370 e. The van der Waals surface area contributed by atoms with E-state index in [-0.39, 0.29) is 18.2 Å². The molecule has 0 aliphatic rings. The fourth-order valence-corrected chi connectivity index (χ4v) is 1.16. The molecule has 1 aromatic heterocycles. The molecule has 9 heteroatoms. The molecule has 19 heavy (non-hydrogen) atoms. The van der Waals surface area contributed by atoms with Crippen molar-refractivity contribution in [2.24, 2.45) is 10.7 Å². The Morgan fingerprint density at radius 3 is 2.74 bits per heavy atom. The van der Waals surface area contributed by atoms with E-state index in [1.807, 2.05) is 0 Å². The highest BCUT2D eigenvalue weighted by Gasteiger charge is 2.06. The molecule has 1 aromatic rings. The maximum Gasteiger partial charge on any atom is 0.287 e. The van der Waals surface area contributed by atoms with Gasteiger partial charge < -0.3 is 20.5 Å². The highest BCUT2D eigenvalue weighted by molar-refractivity contribution is 5.91. The van der Waals surface area contributed by atoms with E-state index in [1.54, 1.807) is 0 Å². The fourth-order valence-electron chi connectivity index (χ4n) is 1.16. The van der Waals surface area contributed by atoms with Crippen molar-refractivity contribution in [1.29, 1.82) is 0 Å². The van der Waals surface area contributed by atoms with Crippen LogP contribution in [-0.2, 0) is 9.47 Å². The second kappa shape index (κ2) is 7.24. The lowest BCUT2D eigenvalue weighted by molar-refractivity contribution is -0.385. The molecule has 0 fully saturated rings. The molecule has 104 valence electrons. The number of nitrogens with zero attached hydrogens (tertiary/aromatic N) is 3. The number of methoxy groups -OCH3 is 2. The Bertz CT molecular complexity index is 444. The van der Waals surface area contributed by atoms with E-state index >= 15 is 0 Å². The van der Waals surface area contributed by atoms with Crippen LogP contribution in [0.4, 0.5) is 11.5 Å². The number of nitro groups is 1. The van der Waals surface area contributed by atoms with Gasteiger partial charge in [0.2, 0.25) is 0 Å². The summed E-state index contributed by atoms with van der Waals surface area (Å²) in [6.07, 6.45) is 0.646. The summed E-state index contributed by atoms with van der Waals surface area (Å²) in [5.41, 5.74) is 5.52. The SMILES string of the molecule is COC(CN=C(N)Nc1ccc([N+](=O)[O-])cn1)OC. The molecule has 0 amide bonds. The smallest absolute Gasteiger partial charge is 0.287 e. The first kappa shape index (κ1) is 14.8. The third-order valence-corrected chi connectivity index (χ3v) is 2.15. The van der Waals surface area contributed by atoms with E-state index in [2.05, 4.69) is 15.3 Å². The van der Waals surface area contributed by atoms with E-state index in [0.29, 0.717) is 5.82 Å². The summed E-state index contributed by atoms with van der Waals surface area (Å²) in [5.74, 6) is 0.471. The molecular formula is C10H15N5O4. The molecule has 1 rings (SSSR count). The van der Waals surface area contributed by atoms with Gasteiger partial charge in [-0.1, -0.05) is 0 Å². The van der Waals surface area contributed by atoms with Gasteiger partial charge in [-0.25, -0.2) is 9.98 Å². The summed E-state index contributed by atoms with van der Waals surface area (Å²) in [6.45, 7) is 0.221. The molecule has 0 radical (unpaired) electrons. The maximum absolute atomic E-state index is 10.4. The zero-order valence-electron chi connectivity index (χ0n) is 10.6. The first-order valence-electron chi connectivity index (χ1n) is 5.29. The van der Waals surface area contributed by atoms with Gasteiger partial charge in [0.15, 0.2) is 12.2 Å². The zero-order chi connectivity index (χ0) is 14.3. The topological polar surface area (TPSA) is 125 Å². The van der Waals surface area contributed by atoms with Gasteiger partial charge in [0.05, 0.1) is 11.5 Å². The van der Waals surface area contributed by atoms with Crippen molar-refractivity contribution in [3.05, 3.63) is 28.4 Å². The number of aromatic nitrogens is 1. The average Bonchev–Trinajstić information content (AvgIpc) is 2.40. The van der Waals surface area contributed by atoms with Crippen molar-refractivity contribution < 1.29 is 14.4 Å². The Morgan fingerprint density at radius 1 is 1.58 bits per heavy atom. The Morgan fingerprint density at radius 2 is 2.26 bits per heavy atom. The monoisotopic (exact) mass is 269 g/mol. The number of hydrogen-bond acceptors (Lipinski definition) is 6. The number of nitrogens with two attached hydrogens (primary N) is 1. The molecular weight excluding hydrogens is 254 g/mol. The third kappa shape index (κ3) is 4.85. The molecule has 1 heterocycles. The number of guanidine groups is 1. The Labute approximate surface area is 109 Å². The Balaban J connectivity index is 2.58. The molecule has 3 N–H and O–H groups in total. The van der Waals surface area contributed by atoms with Crippen molar-refractivity contribution in [3.8, 4) is 0 Å². The van der Waals surface area contributed by atoms with Crippen LogP contribution in [0.3, 0.4) is 0 Å². The lowest BCUT2D eigenvalue weighted by atomic mass is 10.4. The lowest BCUT2D eigenvalue weighted by Gasteiger charge is -2.11. The normalized spacial score (nSPS) is 11.6. The Kier molecular flexibility index (Phi) is 5.64. The number of ether oxygens (including phenoxy) is 2. The van der Waals surface area contributed by atoms with Crippen LogP contribution in [0.2, 0.25) is 0 Å². The zero-order valence-corrected chi connectivity index (χ0v) is 10.6. The Hall–Kier alpha value is -2.26. The van der Waals surface area contributed by atoms with Crippen molar-refractivity contribution in [2.75, 3.05) is 26.1 Å². The van der Waals surface area contributed by atoms with Crippen LogP contribution < -0.4 is 11.1 Å². The minimum absolute atomic E-state index is 0.0973. The third-order valence-electron chi connectivity index (χ3n) is 2.15. The fraction of sp³-hybridized carbons (Fsp3) is 0.400. The number of pyridine rings is 1. The van der Waals surface area contributed by atoms with Gasteiger partial charge in [0.1, 0.15) is 12.0 Å². The first-order valence-corrected chi connectivity index (χ1v) is 5.29. The van der Waals surface area contributed by atoms with E-state index in [9.17, 15) is 10.1 Å². The predicted octanol–water partition coefficient (Wildman–Crippen LogP) is 0.335. The molecule has 0 aliphatic heterocycles. The number of anilines is 1. The standard InChI is InChI=1S/C10H15N5O4/c1-18-9(19-2)6-13-10(11)14-8-4-3-7(5-12-8)15(16)17/h3-5,9H,6H2,1-2H3,(H3,11,12,13,14). The molecule has 9 nitrogen and oxygen atoms in total. The molecule has 0 unspecified atom stereocenters. The van der Waals surface area contributed by atoms with E-state index < -0.39 is 11.2 Å². The molecule has 0 aliphatic carbocycles. The van der Waals surface area contributed by atoms with Gasteiger partial charge in [-0.2, -0.15) is 0 Å². The highest BCUT2D eigenvalue weighted by Crippen LogP contribution is 2.11. The van der Waals surface area contributed by atoms with Crippen LogP contribution in [0.15, 0.2) is 23.3 Å². The lowest BCUT2D eigenvalue weighted by Crippen LogP contribution is -2.26. The van der Waals surface area contributed by atoms with Gasteiger partial charge in [0, 0.05) is 20.3 Å². The van der Waals surface area contributed by atoms with Crippen LogP contribution in [0.25, 0.3) is 0 Å². The van der Waals surface area contributed by atoms with Gasteiger partial charge in [0.25, 0.3) is 5.69 Å². The number of aliphatic imine (C=N–C) groups is 1. The average molecular weight is 269 g/mol. The molecule has 0 saturated carbocycles. The summed E-state index contributed by atoms with van der Waals surface area (Å²) >= 11 is 0. The van der Waals surface area contributed by atoms with Crippen molar-refractivity contribution in [1.82, 2.24) is 4.98 Å². The predicted molar refractivity (Wildman–Crippen MR) is 68.8 cm³/mol. The number of nitrogens with one attached hydrogen (secondary N) is 1. The van der Waals surface area contributed by atoms with Crippen molar-refractivity contribution in [2.45, 2.75) is 6.29 Å². The summed E-state index contributed by atoms with van der Waals surface area (Å²) in [4.78, 5) is 17.7. The summed E-state index contributed by atoms with van der Waals surface area (Å²) in [7, 11) is 2.98. The van der Waals surface area contributed by atoms with Crippen molar-refractivity contribution >= 4 is 17.5 Å². The molecule has 0 spiro atoms. The number of rotatable bonds is 6. The van der Waals surface area contributed by atoms with Crippen molar-refractivity contribution in [3.63, 3.8) is 0 Å². The van der Waals surface area contributed by atoms with Crippen LogP contribution in [0.1, 0.15) is 0 Å².